The van der Waals surface area contributed by atoms with E-state index < -0.39 is 5.92 Å². The van der Waals surface area contributed by atoms with Crippen LogP contribution in [0.3, 0.4) is 0 Å². The molecule has 1 aliphatic carbocycles. The third kappa shape index (κ3) is 4.08. The molecule has 0 fully saturated rings. The molecule has 1 aliphatic heterocycles. The van der Waals surface area contributed by atoms with Gasteiger partial charge in [-0.25, -0.2) is 0 Å². The molecule has 2 aliphatic rings. The highest BCUT2D eigenvalue weighted by atomic mass is 127. The van der Waals surface area contributed by atoms with Crippen molar-refractivity contribution in [3.8, 4) is 0 Å². The van der Waals surface area contributed by atoms with Gasteiger partial charge in [-0.2, -0.15) is 0 Å². The van der Waals surface area contributed by atoms with E-state index >= 15 is 0 Å². The van der Waals surface area contributed by atoms with Crippen LogP contribution in [0.1, 0.15) is 45.1 Å². The summed E-state index contributed by atoms with van der Waals surface area (Å²) in [6.07, 6.45) is 2.75. The lowest BCUT2D eigenvalue weighted by Crippen LogP contribution is -2.39. The van der Waals surface area contributed by atoms with E-state index in [4.69, 9.17) is 9.73 Å². The van der Waals surface area contributed by atoms with Crippen LogP contribution in [-0.4, -0.2) is 24.1 Å². The van der Waals surface area contributed by atoms with E-state index in [2.05, 4.69) is 43.0 Å². The summed E-state index contributed by atoms with van der Waals surface area (Å²) in [4.78, 5) is 30.6. The summed E-state index contributed by atoms with van der Waals surface area (Å²) >= 11 is 2.25. The molecule has 0 aromatic heterocycles. The van der Waals surface area contributed by atoms with E-state index in [0.29, 0.717) is 17.7 Å². The predicted octanol–water partition coefficient (Wildman–Crippen LogP) is 4.84. The number of carbonyl (C=O) groups is 2. The van der Waals surface area contributed by atoms with E-state index in [1.165, 1.54) is 0 Å². The Kier molecular flexibility index (Phi) is 5.70. The van der Waals surface area contributed by atoms with Gasteiger partial charge in [0.15, 0.2) is 5.78 Å². The van der Waals surface area contributed by atoms with Crippen molar-refractivity contribution >= 4 is 40.1 Å². The summed E-state index contributed by atoms with van der Waals surface area (Å²) in [5.74, 6) is -1.21. The lowest BCUT2D eigenvalue weighted by Gasteiger charge is -2.39. The van der Waals surface area contributed by atoms with E-state index in [1.54, 1.807) is 6.08 Å². The lowest BCUT2D eigenvalue weighted by molar-refractivity contribution is -0.145. The number of carbonyl (C=O) groups excluding carboxylic acids is 2. The molecule has 0 saturated carbocycles. The molecule has 0 bridgehead atoms. The molecule has 27 heavy (non-hydrogen) atoms. The van der Waals surface area contributed by atoms with Gasteiger partial charge < -0.3 is 4.74 Å². The molecule has 5 heteroatoms. The Bertz CT molecular complexity index is 849. The highest BCUT2D eigenvalue weighted by Crippen LogP contribution is 2.47. The van der Waals surface area contributed by atoms with Crippen LogP contribution in [0.2, 0.25) is 0 Å². The largest absolute Gasteiger partial charge is 0.461 e. The van der Waals surface area contributed by atoms with Crippen molar-refractivity contribution in [3.63, 3.8) is 0 Å². The number of benzene rings is 1. The molecule has 3 rings (SSSR count). The summed E-state index contributed by atoms with van der Waals surface area (Å²) in [6.45, 7) is 9.78. The van der Waals surface area contributed by atoms with Gasteiger partial charge in [0.25, 0.3) is 0 Å². The average Bonchev–Trinajstić information content (AvgIpc) is 2.58. The van der Waals surface area contributed by atoms with Gasteiger partial charge in [-0.1, -0.05) is 38.6 Å². The van der Waals surface area contributed by atoms with Gasteiger partial charge in [0.05, 0.1) is 0 Å². The van der Waals surface area contributed by atoms with Crippen LogP contribution in [0, 0.1) is 14.9 Å². The summed E-state index contributed by atoms with van der Waals surface area (Å²) in [5, 5.41) is 0. The smallest absolute Gasteiger partial charge is 0.315 e. The van der Waals surface area contributed by atoms with E-state index in [0.717, 1.165) is 21.3 Å². The van der Waals surface area contributed by atoms with E-state index in [-0.39, 0.29) is 29.7 Å². The number of ether oxygens (including phenoxy) is 1. The van der Waals surface area contributed by atoms with Crippen LogP contribution in [0.15, 0.2) is 53.2 Å². The topological polar surface area (TPSA) is 55.7 Å². The second-order valence-electron chi connectivity index (χ2n) is 7.98. The van der Waals surface area contributed by atoms with Gasteiger partial charge in [0.1, 0.15) is 12.5 Å². The fourth-order valence-corrected chi connectivity index (χ4v) is 4.37. The van der Waals surface area contributed by atoms with Crippen molar-refractivity contribution in [2.75, 3.05) is 6.61 Å². The van der Waals surface area contributed by atoms with Crippen LogP contribution in [0.5, 0.6) is 0 Å². The average molecular weight is 477 g/mol. The third-order valence-electron chi connectivity index (χ3n) is 5.13. The molecule has 4 nitrogen and oxygen atoms in total. The summed E-state index contributed by atoms with van der Waals surface area (Å²) < 4.78 is 6.46. The maximum absolute atomic E-state index is 13.1. The minimum absolute atomic E-state index is 0.0857. The van der Waals surface area contributed by atoms with E-state index in [1.807, 2.05) is 31.2 Å². The van der Waals surface area contributed by atoms with Crippen LogP contribution < -0.4 is 0 Å². The van der Waals surface area contributed by atoms with Crippen molar-refractivity contribution in [1.29, 1.82) is 0 Å². The van der Waals surface area contributed by atoms with Crippen LogP contribution in [0.4, 0.5) is 0 Å². The molecular weight excluding hydrogens is 453 g/mol. The van der Waals surface area contributed by atoms with Gasteiger partial charge in [-0.3, -0.25) is 14.6 Å². The highest BCUT2D eigenvalue weighted by molar-refractivity contribution is 14.1. The lowest BCUT2D eigenvalue weighted by atomic mass is 9.67. The summed E-state index contributed by atoms with van der Waals surface area (Å²) in [6, 6.07) is 7.99. The molecule has 0 spiro atoms. The molecule has 1 aromatic rings. The molecule has 0 radical (unpaired) electrons. The van der Waals surface area contributed by atoms with Gasteiger partial charge >= 0.3 is 5.97 Å². The second-order valence-corrected chi connectivity index (χ2v) is 9.23. The molecule has 1 unspecified atom stereocenters. The number of rotatable bonds is 4. The number of halogens is 1. The molecule has 0 saturated heterocycles. The maximum Gasteiger partial charge on any atom is 0.315 e. The quantitative estimate of drug-likeness (QED) is 0.355. The highest BCUT2D eigenvalue weighted by Gasteiger charge is 2.45. The fourth-order valence-electron chi connectivity index (χ4n) is 4.01. The van der Waals surface area contributed by atoms with Crippen LogP contribution >= 0.6 is 22.6 Å². The van der Waals surface area contributed by atoms with Gasteiger partial charge in [0, 0.05) is 32.9 Å². The van der Waals surface area contributed by atoms with Crippen molar-refractivity contribution in [2.45, 2.75) is 39.5 Å². The Hall–Kier alpha value is -1.76. The number of ketones is 1. The molecule has 1 aromatic carbocycles. The molecule has 2 atom stereocenters. The first-order valence-electron chi connectivity index (χ1n) is 9.08. The fraction of sp³-hybridized carbons (Fsp3) is 0.409. The van der Waals surface area contributed by atoms with Crippen molar-refractivity contribution in [1.82, 2.24) is 0 Å². The minimum Gasteiger partial charge on any atom is -0.461 e. The maximum atomic E-state index is 13.1. The van der Waals surface area contributed by atoms with Crippen molar-refractivity contribution in [2.24, 2.45) is 16.3 Å². The SMILES string of the molecule is C=CCOC(=O)C1C(C)=NC2=C(C(=O)CC(C)(C)C2)[C@@H]1c1ccc(I)cc1. The first kappa shape index (κ1) is 20.0. The molecule has 1 heterocycles. The number of allylic oxidation sites excluding steroid dienone is 2. The number of esters is 1. The van der Waals surface area contributed by atoms with Gasteiger partial charge in [0.2, 0.25) is 0 Å². The zero-order valence-electron chi connectivity index (χ0n) is 15.9. The molecule has 0 N–H and O–H groups in total. The Morgan fingerprint density at radius 2 is 2.00 bits per heavy atom. The Morgan fingerprint density at radius 1 is 1.33 bits per heavy atom. The van der Waals surface area contributed by atoms with Crippen molar-refractivity contribution in [3.05, 3.63) is 57.3 Å². The zero-order chi connectivity index (χ0) is 19.8. The molecule has 0 amide bonds. The monoisotopic (exact) mass is 477 g/mol. The number of hydrogen-bond acceptors (Lipinski definition) is 4. The molecule has 142 valence electrons. The number of hydrogen-bond donors (Lipinski definition) is 0. The first-order valence-corrected chi connectivity index (χ1v) is 10.2. The number of aliphatic imine (C=N–C) groups is 1. The van der Waals surface area contributed by atoms with Gasteiger partial charge in [-0.05, 0) is 59.0 Å². The van der Waals surface area contributed by atoms with Crippen LogP contribution in [-0.2, 0) is 14.3 Å². The standard InChI is InChI=1S/C22H24INO3/c1-5-10-27-21(26)18-13(2)24-16-11-22(3,4)12-17(25)20(16)19(18)14-6-8-15(23)9-7-14/h5-9,18-19H,1,10-12H2,2-4H3/t18?,19-/m1/s1. The van der Waals surface area contributed by atoms with Gasteiger partial charge in [-0.15, -0.1) is 0 Å². The number of Topliss-reactive ketones (excluding diaryl/α,β-unsaturated/α-hetero) is 1. The zero-order valence-corrected chi connectivity index (χ0v) is 18.1. The van der Waals surface area contributed by atoms with E-state index in [9.17, 15) is 9.59 Å². The summed E-state index contributed by atoms with van der Waals surface area (Å²) in [5.41, 5.74) is 3.04. The Morgan fingerprint density at radius 3 is 2.63 bits per heavy atom. The normalized spacial score (nSPS) is 24.1. The van der Waals surface area contributed by atoms with Crippen LogP contribution in [0.25, 0.3) is 0 Å². The first-order chi connectivity index (χ1) is 12.7. The second kappa shape index (κ2) is 7.70. The minimum atomic E-state index is -0.589. The Balaban J connectivity index is 2.13. The third-order valence-corrected chi connectivity index (χ3v) is 5.85. The molecular formula is C22H24INO3. The Labute approximate surface area is 173 Å². The van der Waals surface area contributed by atoms with Crippen molar-refractivity contribution < 1.29 is 14.3 Å². The summed E-state index contributed by atoms with van der Waals surface area (Å²) in [7, 11) is 0. The predicted molar refractivity (Wildman–Crippen MR) is 115 cm³/mol. The number of nitrogens with zero attached hydrogens (tertiary/aromatic N) is 1.